The second-order valence-corrected chi connectivity index (χ2v) is 2.51. The van der Waals surface area contributed by atoms with E-state index in [9.17, 15) is 9.59 Å². The molecule has 0 saturated heterocycles. The Bertz CT molecular complexity index is 444. The maximum atomic E-state index is 10.2. The summed E-state index contributed by atoms with van der Waals surface area (Å²) in [5.74, 6) is -0.942. The second-order valence-electron chi connectivity index (χ2n) is 2.51. The van der Waals surface area contributed by atoms with Gasteiger partial charge in [-0.15, -0.1) is 0 Å². The van der Waals surface area contributed by atoms with Crippen molar-refractivity contribution in [3.05, 3.63) is 52.7 Å². The van der Waals surface area contributed by atoms with Gasteiger partial charge in [0, 0.05) is 24.7 Å². The zero-order chi connectivity index (χ0) is 11.1. The fourth-order valence-electron chi connectivity index (χ4n) is 0.761. The molecular weight excluding hydrogens is 198 g/mol. The third kappa shape index (κ3) is 3.90. The molecule has 0 aliphatic rings. The Labute approximate surface area is 84.6 Å². The third-order valence-corrected chi connectivity index (χ3v) is 1.42. The van der Waals surface area contributed by atoms with Crippen molar-refractivity contribution in [1.29, 1.82) is 0 Å². The largest absolute Gasteiger partial charge is 0.478 e. The van der Waals surface area contributed by atoms with Gasteiger partial charge in [-0.3, -0.25) is 14.9 Å². The summed E-state index contributed by atoms with van der Waals surface area (Å²) in [7, 11) is 0. The predicted octanol–water partition coefficient (Wildman–Crippen LogP) is 0.483. The van der Waals surface area contributed by atoms with Crippen LogP contribution in [0.1, 0.15) is 10.4 Å². The number of hydrogen-bond donors (Lipinski definition) is 3. The number of aromatic carboxylic acids is 1. The van der Waals surface area contributed by atoms with Crippen molar-refractivity contribution in [3.63, 3.8) is 0 Å². The average molecular weight is 207 g/mol. The van der Waals surface area contributed by atoms with Gasteiger partial charge < -0.3 is 10.2 Å². The van der Waals surface area contributed by atoms with Crippen LogP contribution >= 0.6 is 0 Å². The van der Waals surface area contributed by atoms with Crippen LogP contribution in [0.25, 0.3) is 0 Å². The highest BCUT2D eigenvalue weighted by atomic mass is 16.4. The Morgan fingerprint density at radius 3 is 2.47 bits per heavy atom. The number of nitrogens with one attached hydrogen (secondary N) is 2. The van der Waals surface area contributed by atoms with Crippen molar-refractivity contribution < 1.29 is 9.90 Å². The maximum Gasteiger partial charge on any atom is 0.337 e. The standard InChI is InChI=1S/C6H5NO2.C3H4N2O/c8-6(9)5-2-1-3-7-4-5;6-3-1-2-4-5-3/h1-4H,(H,8,9);1-2H,(H2,4,5,6). The lowest BCUT2D eigenvalue weighted by Crippen LogP contribution is -1.94. The van der Waals surface area contributed by atoms with Crippen LogP contribution in [0.4, 0.5) is 0 Å². The van der Waals surface area contributed by atoms with Crippen LogP contribution in [-0.2, 0) is 0 Å². The number of aromatic nitrogens is 3. The van der Waals surface area contributed by atoms with Crippen molar-refractivity contribution in [1.82, 2.24) is 15.2 Å². The second kappa shape index (κ2) is 5.38. The van der Waals surface area contributed by atoms with Crippen molar-refractivity contribution in [2.75, 3.05) is 0 Å². The smallest absolute Gasteiger partial charge is 0.337 e. The van der Waals surface area contributed by atoms with E-state index in [1.807, 2.05) is 0 Å². The van der Waals surface area contributed by atoms with E-state index in [-0.39, 0.29) is 11.1 Å². The molecule has 6 nitrogen and oxygen atoms in total. The van der Waals surface area contributed by atoms with Gasteiger partial charge in [-0.1, -0.05) is 0 Å². The van der Waals surface area contributed by atoms with Gasteiger partial charge in [0.15, 0.2) is 0 Å². The molecule has 0 bridgehead atoms. The average Bonchev–Trinajstić information content (AvgIpc) is 2.71. The molecular formula is C9H9N3O3. The summed E-state index contributed by atoms with van der Waals surface area (Å²) in [6.45, 7) is 0. The molecule has 6 heteroatoms. The molecule has 0 spiro atoms. The molecule has 2 aromatic rings. The lowest BCUT2D eigenvalue weighted by molar-refractivity contribution is 0.0696. The van der Waals surface area contributed by atoms with E-state index in [0.29, 0.717) is 0 Å². The highest BCUT2D eigenvalue weighted by molar-refractivity contribution is 5.86. The Hall–Kier alpha value is -2.37. The number of aromatic amines is 2. The minimum Gasteiger partial charge on any atom is -0.478 e. The van der Waals surface area contributed by atoms with Crippen molar-refractivity contribution in [2.24, 2.45) is 0 Å². The van der Waals surface area contributed by atoms with Crippen LogP contribution in [0.2, 0.25) is 0 Å². The molecule has 0 aliphatic heterocycles. The lowest BCUT2D eigenvalue weighted by Gasteiger charge is -1.87. The number of pyridine rings is 1. The van der Waals surface area contributed by atoms with E-state index in [0.717, 1.165) is 0 Å². The minimum absolute atomic E-state index is 0.0880. The van der Waals surface area contributed by atoms with Gasteiger partial charge in [0.1, 0.15) is 0 Å². The first-order valence-corrected chi connectivity index (χ1v) is 4.05. The number of carboxylic acids is 1. The van der Waals surface area contributed by atoms with E-state index >= 15 is 0 Å². The maximum absolute atomic E-state index is 10.2. The van der Waals surface area contributed by atoms with E-state index in [1.165, 1.54) is 24.5 Å². The summed E-state index contributed by atoms with van der Waals surface area (Å²) in [5.41, 5.74) is 0.132. The number of rotatable bonds is 1. The zero-order valence-electron chi connectivity index (χ0n) is 7.68. The molecule has 2 aromatic heterocycles. The predicted molar refractivity (Wildman–Crippen MR) is 52.6 cm³/mol. The van der Waals surface area contributed by atoms with Gasteiger partial charge in [-0.2, -0.15) is 0 Å². The molecule has 15 heavy (non-hydrogen) atoms. The van der Waals surface area contributed by atoms with Crippen molar-refractivity contribution in [2.45, 2.75) is 0 Å². The Morgan fingerprint density at radius 2 is 2.20 bits per heavy atom. The SMILES string of the molecule is O=C(O)c1cccnc1.O=c1cc[nH][nH]1. The highest BCUT2D eigenvalue weighted by Gasteiger charge is 1.97. The summed E-state index contributed by atoms with van der Waals surface area (Å²) in [6.07, 6.45) is 4.39. The molecule has 0 amide bonds. The first kappa shape index (κ1) is 10.7. The first-order chi connectivity index (χ1) is 7.20. The van der Waals surface area contributed by atoms with E-state index in [1.54, 1.807) is 12.3 Å². The molecule has 2 heterocycles. The molecule has 0 fully saturated rings. The Morgan fingerprint density at radius 1 is 1.40 bits per heavy atom. The van der Waals surface area contributed by atoms with Crippen LogP contribution in [-0.4, -0.2) is 26.3 Å². The molecule has 0 radical (unpaired) electrons. The van der Waals surface area contributed by atoms with E-state index < -0.39 is 5.97 Å². The number of nitrogens with zero attached hydrogens (tertiary/aromatic N) is 1. The number of H-pyrrole nitrogens is 2. The van der Waals surface area contributed by atoms with Gasteiger partial charge in [0.05, 0.1) is 5.56 Å². The lowest BCUT2D eigenvalue weighted by atomic mass is 10.3. The first-order valence-electron chi connectivity index (χ1n) is 4.05. The normalized spacial score (nSPS) is 8.80. The van der Waals surface area contributed by atoms with Gasteiger partial charge in [0.25, 0.3) is 5.56 Å². The van der Waals surface area contributed by atoms with E-state index in [4.69, 9.17) is 5.11 Å². The fraction of sp³-hybridized carbons (Fsp3) is 0. The van der Waals surface area contributed by atoms with Crippen LogP contribution in [0.15, 0.2) is 41.6 Å². The molecule has 0 saturated carbocycles. The van der Waals surface area contributed by atoms with Gasteiger partial charge in [0.2, 0.25) is 0 Å². The summed E-state index contributed by atoms with van der Waals surface area (Å²) in [6, 6.07) is 4.50. The molecule has 0 aromatic carbocycles. The number of hydrogen-bond acceptors (Lipinski definition) is 3. The molecule has 2 rings (SSSR count). The summed E-state index contributed by atoms with van der Waals surface area (Å²) < 4.78 is 0. The summed E-state index contributed by atoms with van der Waals surface area (Å²) in [5, 5.41) is 13.2. The Balaban J connectivity index is 0.000000162. The molecule has 0 aliphatic carbocycles. The van der Waals surface area contributed by atoms with Crippen LogP contribution in [0.5, 0.6) is 0 Å². The number of carboxylic acid groups (broad SMARTS) is 1. The van der Waals surface area contributed by atoms with Crippen molar-refractivity contribution >= 4 is 5.97 Å². The highest BCUT2D eigenvalue weighted by Crippen LogP contribution is 1.92. The van der Waals surface area contributed by atoms with Gasteiger partial charge in [-0.05, 0) is 12.1 Å². The van der Waals surface area contributed by atoms with Gasteiger partial charge in [-0.25, -0.2) is 4.79 Å². The topological polar surface area (TPSA) is 98.8 Å². The molecule has 0 unspecified atom stereocenters. The quantitative estimate of drug-likeness (QED) is 0.633. The molecule has 78 valence electrons. The van der Waals surface area contributed by atoms with Gasteiger partial charge >= 0.3 is 5.97 Å². The molecule has 3 N–H and O–H groups in total. The van der Waals surface area contributed by atoms with Crippen LogP contribution in [0.3, 0.4) is 0 Å². The van der Waals surface area contributed by atoms with Crippen molar-refractivity contribution in [3.8, 4) is 0 Å². The Kier molecular flexibility index (Phi) is 3.84. The fourth-order valence-corrected chi connectivity index (χ4v) is 0.761. The monoisotopic (exact) mass is 207 g/mol. The van der Waals surface area contributed by atoms with Crippen LogP contribution < -0.4 is 5.56 Å². The van der Waals surface area contributed by atoms with Crippen LogP contribution in [0, 0.1) is 0 Å². The summed E-state index contributed by atoms with van der Waals surface area (Å²) in [4.78, 5) is 23.8. The number of carbonyl (C=O) groups is 1. The third-order valence-electron chi connectivity index (χ3n) is 1.42. The van der Waals surface area contributed by atoms with E-state index in [2.05, 4.69) is 15.2 Å². The molecule has 0 atom stereocenters. The summed E-state index contributed by atoms with van der Waals surface area (Å²) >= 11 is 0. The zero-order valence-corrected chi connectivity index (χ0v) is 7.68. The minimum atomic E-state index is -0.942.